The van der Waals surface area contributed by atoms with Crippen molar-refractivity contribution < 1.29 is 4.74 Å². The fourth-order valence-electron chi connectivity index (χ4n) is 2.64. The first-order valence-electron chi connectivity index (χ1n) is 7.70. The minimum atomic E-state index is -0.227. The molecular weight excluding hydrogens is 334 g/mol. The van der Waals surface area contributed by atoms with Crippen LogP contribution in [0.2, 0.25) is 0 Å². The van der Waals surface area contributed by atoms with Gasteiger partial charge in [-0.05, 0) is 0 Å². The number of rotatable bonds is 5. The molecule has 3 aromatic heterocycles. The van der Waals surface area contributed by atoms with Gasteiger partial charge in [0.1, 0.15) is 16.7 Å². The molecule has 1 atom stereocenters. The van der Waals surface area contributed by atoms with Gasteiger partial charge in [0.15, 0.2) is 0 Å². The highest BCUT2D eigenvalue weighted by atomic mass is 32.1. The monoisotopic (exact) mass is 349 g/mol. The van der Waals surface area contributed by atoms with Crippen molar-refractivity contribution in [3.05, 3.63) is 77.5 Å². The van der Waals surface area contributed by atoms with Gasteiger partial charge in [-0.1, -0.05) is 30.3 Å². The summed E-state index contributed by atoms with van der Waals surface area (Å²) in [6.45, 7) is 0. The summed E-state index contributed by atoms with van der Waals surface area (Å²) in [5.74, 6) is 0.482. The molecule has 0 bridgehead atoms. The molecule has 25 heavy (non-hydrogen) atoms. The summed E-state index contributed by atoms with van der Waals surface area (Å²) in [6.07, 6.45) is 8.92. The Morgan fingerprint density at radius 3 is 2.68 bits per heavy atom. The third kappa shape index (κ3) is 3.01. The van der Waals surface area contributed by atoms with E-state index in [4.69, 9.17) is 4.74 Å². The second kappa shape index (κ2) is 6.82. The van der Waals surface area contributed by atoms with Crippen LogP contribution in [-0.2, 0) is 0 Å². The Hall–Kier alpha value is -3.06. The minimum absolute atomic E-state index is 0.227. The Morgan fingerprint density at radius 2 is 2.00 bits per heavy atom. The molecule has 0 radical (unpaired) electrons. The van der Waals surface area contributed by atoms with Crippen molar-refractivity contribution in [1.29, 1.82) is 0 Å². The van der Waals surface area contributed by atoms with Gasteiger partial charge in [0.05, 0.1) is 25.3 Å². The average molecular weight is 349 g/mol. The van der Waals surface area contributed by atoms with Crippen molar-refractivity contribution in [2.45, 2.75) is 6.04 Å². The predicted molar refractivity (Wildman–Crippen MR) is 95.6 cm³/mol. The van der Waals surface area contributed by atoms with Gasteiger partial charge in [0, 0.05) is 29.5 Å². The molecule has 4 aromatic rings. The van der Waals surface area contributed by atoms with Crippen LogP contribution < -0.4 is 4.74 Å². The predicted octanol–water partition coefficient (Wildman–Crippen LogP) is 3.44. The van der Waals surface area contributed by atoms with E-state index in [1.54, 1.807) is 43.4 Å². The van der Waals surface area contributed by atoms with Crippen LogP contribution in [0.15, 0.2) is 66.8 Å². The van der Waals surface area contributed by atoms with Crippen molar-refractivity contribution in [2.24, 2.45) is 0 Å². The van der Waals surface area contributed by atoms with E-state index in [1.165, 1.54) is 0 Å². The number of imidazole rings is 1. The molecular formula is C18H15N5OS. The highest BCUT2D eigenvalue weighted by Gasteiger charge is 2.25. The van der Waals surface area contributed by atoms with Crippen molar-refractivity contribution in [1.82, 2.24) is 24.5 Å². The van der Waals surface area contributed by atoms with Crippen LogP contribution in [0.4, 0.5) is 0 Å². The van der Waals surface area contributed by atoms with Crippen LogP contribution in [0, 0.1) is 0 Å². The van der Waals surface area contributed by atoms with E-state index in [-0.39, 0.29) is 6.04 Å². The van der Waals surface area contributed by atoms with Gasteiger partial charge < -0.3 is 9.30 Å². The van der Waals surface area contributed by atoms with Gasteiger partial charge in [-0.3, -0.25) is 4.98 Å². The molecule has 3 heterocycles. The van der Waals surface area contributed by atoms with Crippen molar-refractivity contribution in [3.63, 3.8) is 0 Å². The zero-order valence-corrected chi connectivity index (χ0v) is 14.3. The first-order chi connectivity index (χ1) is 12.4. The zero-order chi connectivity index (χ0) is 17.1. The van der Waals surface area contributed by atoms with Crippen LogP contribution in [0.3, 0.4) is 0 Å². The molecule has 0 saturated heterocycles. The smallest absolute Gasteiger partial charge is 0.238 e. The maximum atomic E-state index is 5.55. The van der Waals surface area contributed by atoms with Crippen LogP contribution in [0.25, 0.3) is 11.3 Å². The molecule has 0 spiro atoms. The summed E-state index contributed by atoms with van der Waals surface area (Å²) in [5.41, 5.74) is 2.47. The quantitative estimate of drug-likeness (QED) is 0.552. The van der Waals surface area contributed by atoms with Gasteiger partial charge in [-0.2, -0.15) is 0 Å². The Kier molecular flexibility index (Phi) is 4.22. The summed E-state index contributed by atoms with van der Waals surface area (Å²) >= 11 is 1.56. The molecule has 0 aliphatic rings. The molecule has 1 unspecified atom stereocenters. The van der Waals surface area contributed by atoms with Crippen LogP contribution in [0.5, 0.6) is 5.88 Å². The van der Waals surface area contributed by atoms with E-state index >= 15 is 0 Å². The highest BCUT2D eigenvalue weighted by molar-refractivity contribution is 7.09. The van der Waals surface area contributed by atoms with Gasteiger partial charge in [-0.25, -0.2) is 15.0 Å². The highest BCUT2D eigenvalue weighted by Crippen LogP contribution is 2.32. The lowest BCUT2D eigenvalue weighted by Crippen LogP contribution is -2.14. The van der Waals surface area contributed by atoms with Crippen LogP contribution in [0.1, 0.15) is 16.7 Å². The van der Waals surface area contributed by atoms with E-state index in [9.17, 15) is 0 Å². The summed E-state index contributed by atoms with van der Waals surface area (Å²) in [5, 5.41) is 2.84. The lowest BCUT2D eigenvalue weighted by Gasteiger charge is -2.18. The molecule has 6 nitrogen and oxygen atoms in total. The maximum absolute atomic E-state index is 5.55. The topological polar surface area (TPSA) is 65.7 Å². The van der Waals surface area contributed by atoms with Crippen molar-refractivity contribution >= 4 is 11.3 Å². The summed E-state index contributed by atoms with van der Waals surface area (Å²) in [4.78, 5) is 17.9. The molecule has 1 aromatic carbocycles. The number of thiazole rings is 1. The second-order valence-corrected chi connectivity index (χ2v) is 6.22. The molecule has 4 rings (SSSR count). The third-order valence-electron chi connectivity index (χ3n) is 3.80. The Morgan fingerprint density at radius 1 is 1.12 bits per heavy atom. The minimum Gasteiger partial charge on any atom is -0.480 e. The Labute approximate surface area is 148 Å². The molecule has 7 heteroatoms. The normalized spacial score (nSPS) is 12.0. The average Bonchev–Trinajstić information content (AvgIpc) is 3.38. The Balaban J connectivity index is 1.83. The largest absolute Gasteiger partial charge is 0.480 e. The summed E-state index contributed by atoms with van der Waals surface area (Å²) < 4.78 is 7.51. The van der Waals surface area contributed by atoms with E-state index in [2.05, 4.69) is 19.9 Å². The maximum Gasteiger partial charge on any atom is 0.238 e. The standard InChI is InChI=1S/C18H15N5OS/c1-24-17-15(21-11-14(22-17)13-5-3-2-4-6-13)16(18-20-8-10-25-18)23-9-7-19-12-23/h2-12,16H,1H3. The number of hydrogen-bond donors (Lipinski definition) is 0. The van der Waals surface area contributed by atoms with E-state index in [1.807, 2.05) is 46.5 Å². The first kappa shape index (κ1) is 15.5. The number of methoxy groups -OCH3 is 1. The van der Waals surface area contributed by atoms with Gasteiger partial charge >= 0.3 is 0 Å². The molecule has 0 saturated carbocycles. The molecule has 0 amide bonds. The summed E-state index contributed by atoms with van der Waals surface area (Å²) in [7, 11) is 1.61. The first-order valence-corrected chi connectivity index (χ1v) is 8.58. The molecule has 0 aliphatic heterocycles. The zero-order valence-electron chi connectivity index (χ0n) is 13.5. The van der Waals surface area contributed by atoms with E-state index in [0.717, 1.165) is 16.3 Å². The van der Waals surface area contributed by atoms with Gasteiger partial charge in [0.25, 0.3) is 0 Å². The fraction of sp³-hybridized carbons (Fsp3) is 0.111. The lowest BCUT2D eigenvalue weighted by molar-refractivity contribution is 0.384. The fourth-order valence-corrected chi connectivity index (χ4v) is 3.39. The molecule has 0 N–H and O–H groups in total. The number of aromatic nitrogens is 5. The van der Waals surface area contributed by atoms with E-state index in [0.29, 0.717) is 11.6 Å². The third-order valence-corrected chi connectivity index (χ3v) is 4.63. The molecule has 0 fully saturated rings. The molecule has 124 valence electrons. The lowest BCUT2D eigenvalue weighted by atomic mass is 10.1. The van der Waals surface area contributed by atoms with E-state index < -0.39 is 0 Å². The second-order valence-electron chi connectivity index (χ2n) is 5.30. The number of hydrogen-bond acceptors (Lipinski definition) is 6. The van der Waals surface area contributed by atoms with Crippen LogP contribution in [-0.4, -0.2) is 31.6 Å². The number of benzene rings is 1. The molecule has 0 aliphatic carbocycles. The Bertz CT molecular complexity index is 905. The van der Waals surface area contributed by atoms with Gasteiger partial charge in [-0.15, -0.1) is 11.3 Å². The van der Waals surface area contributed by atoms with Gasteiger partial charge in [0.2, 0.25) is 5.88 Å². The SMILES string of the molecule is COc1nc(-c2ccccc2)cnc1C(c1nccs1)n1ccnc1. The summed E-state index contributed by atoms with van der Waals surface area (Å²) in [6, 6.07) is 9.69. The van der Waals surface area contributed by atoms with Crippen molar-refractivity contribution in [3.8, 4) is 17.1 Å². The van der Waals surface area contributed by atoms with Crippen LogP contribution >= 0.6 is 11.3 Å². The van der Waals surface area contributed by atoms with Crippen molar-refractivity contribution in [2.75, 3.05) is 7.11 Å². The number of nitrogens with zero attached hydrogens (tertiary/aromatic N) is 5. The number of ether oxygens (including phenoxy) is 1.